The fourth-order valence-electron chi connectivity index (χ4n) is 1.80. The molecule has 4 nitrogen and oxygen atoms in total. The molecule has 0 aliphatic rings. The molecule has 0 bridgehead atoms. The largest absolute Gasteiger partial charge is 0.354 e. The average molecular weight is 256 g/mol. The van der Waals surface area contributed by atoms with Crippen molar-refractivity contribution in [1.29, 1.82) is 0 Å². The third-order valence-corrected chi connectivity index (χ3v) is 2.73. The van der Waals surface area contributed by atoms with Crippen LogP contribution >= 0.6 is 0 Å². The molecule has 0 unspecified atom stereocenters. The summed E-state index contributed by atoms with van der Waals surface area (Å²) >= 11 is 0. The second-order valence-corrected chi connectivity index (χ2v) is 3.96. The summed E-state index contributed by atoms with van der Waals surface area (Å²) in [4.78, 5) is 11.9. The van der Waals surface area contributed by atoms with Crippen LogP contribution in [-0.4, -0.2) is 11.1 Å². The highest BCUT2D eigenvalue weighted by atomic mass is 19.1. The Bertz CT molecular complexity index is 752. The number of amides is 1. The molecule has 1 N–H and O–H groups in total. The Hall–Kier alpha value is -2.69. The zero-order valence-corrected chi connectivity index (χ0v) is 9.76. The van der Waals surface area contributed by atoms with Crippen LogP contribution in [0.3, 0.4) is 0 Å². The highest BCUT2D eigenvalue weighted by Gasteiger charge is 2.14. The van der Waals surface area contributed by atoms with Crippen molar-refractivity contribution in [2.45, 2.75) is 0 Å². The maximum Gasteiger partial charge on any atom is 0.259 e. The second-order valence-electron chi connectivity index (χ2n) is 3.96. The number of benzene rings is 2. The Morgan fingerprint density at radius 2 is 1.84 bits per heavy atom. The van der Waals surface area contributed by atoms with Crippen LogP contribution in [-0.2, 0) is 0 Å². The molecule has 0 aliphatic carbocycles. The molecule has 2 aromatic carbocycles. The highest BCUT2D eigenvalue weighted by Crippen LogP contribution is 2.22. The van der Waals surface area contributed by atoms with Gasteiger partial charge in [-0.3, -0.25) is 4.79 Å². The topological polar surface area (TPSA) is 55.1 Å². The second kappa shape index (κ2) is 4.53. The van der Waals surface area contributed by atoms with Crippen molar-refractivity contribution in [2.75, 3.05) is 5.32 Å². The van der Waals surface area contributed by atoms with Crippen molar-refractivity contribution in [1.82, 2.24) is 5.16 Å². The van der Waals surface area contributed by atoms with Gasteiger partial charge in [-0.1, -0.05) is 29.4 Å². The summed E-state index contributed by atoms with van der Waals surface area (Å²) in [6.07, 6.45) is 0. The lowest BCUT2D eigenvalue weighted by molar-refractivity contribution is 0.102. The number of fused-ring (bicyclic) bond motifs is 1. The zero-order valence-electron chi connectivity index (χ0n) is 9.76. The van der Waals surface area contributed by atoms with E-state index in [1.165, 1.54) is 18.2 Å². The van der Waals surface area contributed by atoms with E-state index in [0.717, 1.165) is 0 Å². The predicted octanol–water partition coefficient (Wildman–Crippen LogP) is 3.22. The van der Waals surface area contributed by atoms with Crippen LogP contribution in [0.15, 0.2) is 53.1 Å². The van der Waals surface area contributed by atoms with Crippen LogP contribution in [0.4, 0.5) is 10.2 Å². The summed E-state index contributed by atoms with van der Waals surface area (Å²) in [7, 11) is 0. The maximum absolute atomic E-state index is 13.5. The molecular weight excluding hydrogens is 247 g/mol. The quantitative estimate of drug-likeness (QED) is 0.765. The lowest BCUT2D eigenvalue weighted by Gasteiger charge is -2.02. The van der Waals surface area contributed by atoms with E-state index in [1.807, 2.05) is 0 Å². The highest BCUT2D eigenvalue weighted by molar-refractivity contribution is 6.07. The monoisotopic (exact) mass is 256 g/mol. The van der Waals surface area contributed by atoms with E-state index in [-0.39, 0.29) is 11.4 Å². The SMILES string of the molecule is O=C(Nc1noc2ccccc12)c1ccccc1F. The number of nitrogens with zero attached hydrogens (tertiary/aromatic N) is 1. The van der Waals surface area contributed by atoms with Crippen LogP contribution in [0.25, 0.3) is 11.0 Å². The number of hydrogen-bond acceptors (Lipinski definition) is 3. The van der Waals surface area contributed by atoms with Crippen molar-refractivity contribution in [3.8, 4) is 0 Å². The summed E-state index contributed by atoms with van der Waals surface area (Å²) in [5.41, 5.74) is 0.529. The van der Waals surface area contributed by atoms with Gasteiger partial charge in [0.25, 0.3) is 5.91 Å². The first-order valence-corrected chi connectivity index (χ1v) is 5.66. The molecule has 0 spiro atoms. The predicted molar refractivity (Wildman–Crippen MR) is 68.4 cm³/mol. The van der Waals surface area contributed by atoms with Crippen LogP contribution in [0.2, 0.25) is 0 Å². The van der Waals surface area contributed by atoms with Gasteiger partial charge in [-0.05, 0) is 24.3 Å². The summed E-state index contributed by atoms with van der Waals surface area (Å²) in [5.74, 6) is -0.853. The smallest absolute Gasteiger partial charge is 0.259 e. The van der Waals surface area contributed by atoms with Crippen molar-refractivity contribution in [3.05, 3.63) is 59.9 Å². The number of hydrogen-bond donors (Lipinski definition) is 1. The molecule has 1 amide bonds. The Balaban J connectivity index is 1.94. The first-order valence-electron chi connectivity index (χ1n) is 5.66. The summed E-state index contributed by atoms with van der Waals surface area (Å²) in [6.45, 7) is 0. The number of rotatable bonds is 2. The van der Waals surface area contributed by atoms with Crippen LogP contribution in [0.5, 0.6) is 0 Å². The minimum absolute atomic E-state index is 0.0328. The zero-order chi connectivity index (χ0) is 13.2. The lowest BCUT2D eigenvalue weighted by Crippen LogP contribution is -2.13. The Morgan fingerprint density at radius 3 is 2.68 bits per heavy atom. The van der Waals surface area contributed by atoms with Gasteiger partial charge in [-0.15, -0.1) is 0 Å². The minimum Gasteiger partial charge on any atom is -0.354 e. The first kappa shape index (κ1) is 11.4. The van der Waals surface area contributed by atoms with Crippen molar-refractivity contribution in [3.63, 3.8) is 0 Å². The van der Waals surface area contributed by atoms with Gasteiger partial charge >= 0.3 is 0 Å². The van der Waals surface area contributed by atoms with Gasteiger partial charge in [0.05, 0.1) is 10.9 Å². The van der Waals surface area contributed by atoms with E-state index in [4.69, 9.17) is 4.52 Å². The average Bonchev–Trinajstić information content (AvgIpc) is 2.83. The molecule has 1 heterocycles. The van der Waals surface area contributed by atoms with E-state index in [9.17, 15) is 9.18 Å². The number of carbonyl (C=O) groups is 1. The van der Waals surface area contributed by atoms with E-state index < -0.39 is 11.7 Å². The number of para-hydroxylation sites is 1. The van der Waals surface area contributed by atoms with Gasteiger partial charge in [-0.2, -0.15) is 0 Å². The van der Waals surface area contributed by atoms with Crippen LogP contribution in [0, 0.1) is 5.82 Å². The summed E-state index contributed by atoms with van der Waals surface area (Å²) in [6, 6.07) is 12.9. The lowest BCUT2D eigenvalue weighted by atomic mass is 10.2. The molecule has 0 radical (unpaired) electrons. The van der Waals surface area contributed by atoms with Crippen LogP contribution in [0.1, 0.15) is 10.4 Å². The third kappa shape index (κ3) is 2.06. The number of anilines is 1. The molecule has 3 aromatic rings. The fraction of sp³-hybridized carbons (Fsp3) is 0. The van der Waals surface area contributed by atoms with E-state index >= 15 is 0 Å². The molecule has 0 aliphatic heterocycles. The third-order valence-electron chi connectivity index (χ3n) is 2.73. The first-order chi connectivity index (χ1) is 9.25. The normalized spacial score (nSPS) is 10.6. The number of aromatic nitrogens is 1. The van der Waals surface area contributed by atoms with Gasteiger partial charge in [0, 0.05) is 0 Å². The number of carbonyl (C=O) groups excluding carboxylic acids is 1. The fourth-order valence-corrected chi connectivity index (χ4v) is 1.80. The van der Waals surface area contributed by atoms with Gasteiger partial charge < -0.3 is 9.84 Å². The van der Waals surface area contributed by atoms with Gasteiger partial charge in [0.2, 0.25) is 0 Å². The van der Waals surface area contributed by atoms with Crippen molar-refractivity contribution < 1.29 is 13.7 Å². The molecule has 0 saturated carbocycles. The van der Waals surface area contributed by atoms with E-state index in [1.54, 1.807) is 30.3 Å². The molecule has 94 valence electrons. The number of halogens is 1. The standard InChI is InChI=1S/C14H9FN2O2/c15-11-7-3-1-5-9(11)14(18)16-13-10-6-2-4-8-12(10)19-17-13/h1-8H,(H,16,17,18). The molecule has 0 atom stereocenters. The minimum atomic E-state index is -0.576. The molecule has 1 aromatic heterocycles. The molecule has 3 rings (SSSR count). The summed E-state index contributed by atoms with van der Waals surface area (Å²) < 4.78 is 18.5. The molecule has 19 heavy (non-hydrogen) atoms. The van der Waals surface area contributed by atoms with E-state index in [2.05, 4.69) is 10.5 Å². The van der Waals surface area contributed by atoms with Crippen molar-refractivity contribution in [2.24, 2.45) is 0 Å². The van der Waals surface area contributed by atoms with E-state index in [0.29, 0.717) is 11.0 Å². The molecule has 5 heteroatoms. The van der Waals surface area contributed by atoms with Gasteiger partial charge in [-0.25, -0.2) is 4.39 Å². The molecule has 0 saturated heterocycles. The van der Waals surface area contributed by atoms with Crippen molar-refractivity contribution >= 4 is 22.7 Å². The Labute approximate surface area is 107 Å². The van der Waals surface area contributed by atoms with Gasteiger partial charge in [0.15, 0.2) is 11.4 Å². The van der Waals surface area contributed by atoms with Crippen LogP contribution < -0.4 is 5.32 Å². The van der Waals surface area contributed by atoms with Gasteiger partial charge in [0.1, 0.15) is 5.82 Å². The maximum atomic E-state index is 13.5. The summed E-state index contributed by atoms with van der Waals surface area (Å²) in [5, 5.41) is 6.97. The Kier molecular flexibility index (Phi) is 2.72. The molecular formula is C14H9FN2O2. The molecule has 0 fully saturated rings. The Morgan fingerprint density at radius 1 is 1.11 bits per heavy atom. The number of nitrogens with one attached hydrogen (secondary N) is 1.